The number of nitrogens with zero attached hydrogens (tertiary/aromatic N) is 2. The molecule has 1 aliphatic rings. The second-order valence-electron chi connectivity index (χ2n) is 5.01. The molecular formula is C14H21BrN2O2. The second-order valence-corrected chi connectivity index (χ2v) is 6.19. The van der Waals surface area contributed by atoms with Crippen LogP contribution in [0, 0.1) is 5.92 Å². The minimum absolute atomic E-state index is 0.629. The summed E-state index contributed by atoms with van der Waals surface area (Å²) in [7, 11) is 3.32. The monoisotopic (exact) mass is 328 g/mol. The van der Waals surface area contributed by atoms with E-state index in [1.807, 2.05) is 6.07 Å². The van der Waals surface area contributed by atoms with Crippen LogP contribution in [0.2, 0.25) is 0 Å². The van der Waals surface area contributed by atoms with Crippen LogP contribution in [0.25, 0.3) is 0 Å². The van der Waals surface area contributed by atoms with Gasteiger partial charge in [-0.15, -0.1) is 0 Å². The van der Waals surface area contributed by atoms with Gasteiger partial charge in [-0.3, -0.25) is 9.88 Å². The van der Waals surface area contributed by atoms with E-state index in [2.05, 4.69) is 32.7 Å². The molecule has 0 bridgehead atoms. The lowest BCUT2D eigenvalue weighted by Gasteiger charge is -2.34. The molecule has 2 heterocycles. The minimum Gasteiger partial charge on any atom is -0.493 e. The number of aromatic nitrogens is 1. The number of rotatable bonds is 4. The first-order valence-corrected chi connectivity index (χ1v) is 7.49. The summed E-state index contributed by atoms with van der Waals surface area (Å²) in [6.45, 7) is 5.26. The Morgan fingerprint density at radius 1 is 1.42 bits per heavy atom. The maximum atomic E-state index is 5.43. The van der Waals surface area contributed by atoms with Crippen molar-refractivity contribution < 1.29 is 9.47 Å². The van der Waals surface area contributed by atoms with Crippen molar-refractivity contribution >= 4 is 15.9 Å². The standard InChI is InChI=1S/C14H21BrN2O2/c1-10-8-17(7-5-11(10)15)9-12-14(19-3)13(18-2)4-6-16-12/h4,6,10-11H,5,7-9H2,1-3H3. The summed E-state index contributed by atoms with van der Waals surface area (Å²) in [5.41, 5.74) is 0.946. The molecule has 0 aliphatic carbocycles. The topological polar surface area (TPSA) is 34.6 Å². The van der Waals surface area contributed by atoms with E-state index in [-0.39, 0.29) is 0 Å². The molecule has 0 N–H and O–H groups in total. The van der Waals surface area contributed by atoms with Gasteiger partial charge in [-0.2, -0.15) is 0 Å². The SMILES string of the molecule is COc1ccnc(CN2CCC(Br)C(C)C2)c1OC. The average molecular weight is 329 g/mol. The zero-order chi connectivity index (χ0) is 13.8. The van der Waals surface area contributed by atoms with Crippen molar-refractivity contribution in [2.45, 2.75) is 24.7 Å². The van der Waals surface area contributed by atoms with E-state index >= 15 is 0 Å². The number of hydrogen-bond acceptors (Lipinski definition) is 4. The number of ether oxygens (including phenoxy) is 2. The van der Waals surface area contributed by atoms with Gasteiger partial charge in [0.25, 0.3) is 0 Å². The number of hydrogen-bond donors (Lipinski definition) is 0. The summed E-state index contributed by atoms with van der Waals surface area (Å²) < 4.78 is 10.7. The van der Waals surface area contributed by atoms with E-state index in [0.717, 1.165) is 36.8 Å². The minimum atomic E-state index is 0.629. The van der Waals surface area contributed by atoms with Crippen molar-refractivity contribution in [1.29, 1.82) is 0 Å². The van der Waals surface area contributed by atoms with Crippen LogP contribution in [0.1, 0.15) is 19.0 Å². The van der Waals surface area contributed by atoms with Crippen LogP contribution in [0.4, 0.5) is 0 Å². The molecule has 1 saturated heterocycles. The number of alkyl halides is 1. The molecule has 0 radical (unpaired) electrons. The van der Waals surface area contributed by atoms with Crippen molar-refractivity contribution in [3.8, 4) is 11.5 Å². The van der Waals surface area contributed by atoms with Gasteiger partial charge in [-0.25, -0.2) is 0 Å². The van der Waals surface area contributed by atoms with E-state index < -0.39 is 0 Å². The Kier molecular flexibility index (Phi) is 5.05. The molecule has 4 nitrogen and oxygen atoms in total. The predicted molar refractivity (Wildman–Crippen MR) is 79.1 cm³/mol. The molecule has 0 aromatic carbocycles. The normalized spacial score (nSPS) is 24.2. The van der Waals surface area contributed by atoms with Gasteiger partial charge in [-0.1, -0.05) is 22.9 Å². The number of halogens is 1. The van der Waals surface area contributed by atoms with Crippen molar-refractivity contribution in [1.82, 2.24) is 9.88 Å². The van der Waals surface area contributed by atoms with Gasteiger partial charge in [0, 0.05) is 30.2 Å². The van der Waals surface area contributed by atoms with Gasteiger partial charge in [-0.05, 0) is 18.9 Å². The molecule has 19 heavy (non-hydrogen) atoms. The summed E-state index contributed by atoms with van der Waals surface area (Å²) >= 11 is 3.73. The molecule has 2 unspecified atom stereocenters. The molecule has 106 valence electrons. The zero-order valence-corrected chi connectivity index (χ0v) is 13.3. The van der Waals surface area contributed by atoms with Crippen LogP contribution in [0.3, 0.4) is 0 Å². The van der Waals surface area contributed by atoms with Crippen molar-refractivity contribution in [3.63, 3.8) is 0 Å². The Bertz CT molecular complexity index is 428. The molecule has 0 spiro atoms. The number of piperidine rings is 1. The smallest absolute Gasteiger partial charge is 0.183 e. The molecular weight excluding hydrogens is 308 g/mol. The first-order valence-electron chi connectivity index (χ1n) is 6.58. The largest absolute Gasteiger partial charge is 0.493 e. The molecule has 1 aromatic rings. The predicted octanol–water partition coefficient (Wildman–Crippen LogP) is 2.70. The van der Waals surface area contributed by atoms with Gasteiger partial charge in [0.15, 0.2) is 11.5 Å². The highest BCUT2D eigenvalue weighted by molar-refractivity contribution is 9.09. The number of pyridine rings is 1. The molecule has 0 amide bonds. The van der Waals surface area contributed by atoms with E-state index in [1.165, 1.54) is 6.42 Å². The first-order chi connectivity index (χ1) is 9.15. The summed E-state index contributed by atoms with van der Waals surface area (Å²) in [5, 5.41) is 0. The zero-order valence-electron chi connectivity index (χ0n) is 11.7. The van der Waals surface area contributed by atoms with Gasteiger partial charge < -0.3 is 9.47 Å². The van der Waals surface area contributed by atoms with Crippen LogP contribution in [0.15, 0.2) is 12.3 Å². The lowest BCUT2D eigenvalue weighted by atomic mass is 10.00. The van der Waals surface area contributed by atoms with Crippen LogP contribution in [0.5, 0.6) is 11.5 Å². The highest BCUT2D eigenvalue weighted by Crippen LogP contribution is 2.31. The maximum Gasteiger partial charge on any atom is 0.183 e. The summed E-state index contributed by atoms with van der Waals surface area (Å²) in [6.07, 6.45) is 2.95. The molecule has 1 aromatic heterocycles. The second kappa shape index (κ2) is 6.57. The number of likely N-dealkylation sites (tertiary alicyclic amines) is 1. The fourth-order valence-corrected chi connectivity index (χ4v) is 2.89. The van der Waals surface area contributed by atoms with Crippen molar-refractivity contribution in [3.05, 3.63) is 18.0 Å². The fraction of sp³-hybridized carbons (Fsp3) is 0.643. The van der Waals surface area contributed by atoms with E-state index in [4.69, 9.17) is 9.47 Å². The summed E-state index contributed by atoms with van der Waals surface area (Å²) in [4.78, 5) is 7.49. The van der Waals surface area contributed by atoms with E-state index in [0.29, 0.717) is 10.7 Å². The average Bonchev–Trinajstić information content (AvgIpc) is 2.42. The molecule has 0 saturated carbocycles. The van der Waals surface area contributed by atoms with Gasteiger partial charge >= 0.3 is 0 Å². The Hall–Kier alpha value is -0.810. The first kappa shape index (κ1) is 14.6. The Balaban J connectivity index is 2.11. The Morgan fingerprint density at radius 3 is 2.84 bits per heavy atom. The van der Waals surface area contributed by atoms with Gasteiger partial charge in [0.1, 0.15) is 5.69 Å². The van der Waals surface area contributed by atoms with Crippen LogP contribution in [-0.2, 0) is 6.54 Å². The van der Waals surface area contributed by atoms with E-state index in [1.54, 1.807) is 20.4 Å². The molecule has 5 heteroatoms. The number of methoxy groups -OCH3 is 2. The lowest BCUT2D eigenvalue weighted by Crippen LogP contribution is -2.39. The lowest BCUT2D eigenvalue weighted by molar-refractivity contribution is 0.179. The van der Waals surface area contributed by atoms with Crippen LogP contribution < -0.4 is 9.47 Å². The van der Waals surface area contributed by atoms with Crippen LogP contribution >= 0.6 is 15.9 Å². The maximum absolute atomic E-state index is 5.43. The quantitative estimate of drug-likeness (QED) is 0.796. The van der Waals surface area contributed by atoms with Crippen molar-refractivity contribution in [2.75, 3.05) is 27.3 Å². The van der Waals surface area contributed by atoms with Crippen molar-refractivity contribution in [2.24, 2.45) is 5.92 Å². The van der Waals surface area contributed by atoms with Gasteiger partial charge in [0.2, 0.25) is 0 Å². The summed E-state index contributed by atoms with van der Waals surface area (Å²) in [5.74, 6) is 2.15. The highest BCUT2D eigenvalue weighted by Gasteiger charge is 2.25. The third-order valence-corrected chi connectivity index (χ3v) is 4.98. The van der Waals surface area contributed by atoms with Gasteiger partial charge in [0.05, 0.1) is 14.2 Å². The molecule has 1 fully saturated rings. The third-order valence-electron chi connectivity index (χ3n) is 3.62. The molecule has 1 aliphatic heterocycles. The van der Waals surface area contributed by atoms with Crippen LogP contribution in [-0.4, -0.2) is 42.0 Å². The molecule has 2 rings (SSSR count). The summed E-state index contributed by atoms with van der Waals surface area (Å²) in [6, 6.07) is 1.83. The fourth-order valence-electron chi connectivity index (χ4n) is 2.52. The Labute approximate surface area is 123 Å². The van der Waals surface area contributed by atoms with E-state index in [9.17, 15) is 0 Å². The molecule has 2 atom stereocenters. The third kappa shape index (κ3) is 3.39. The highest BCUT2D eigenvalue weighted by atomic mass is 79.9. The Morgan fingerprint density at radius 2 is 2.21 bits per heavy atom.